The monoisotopic (exact) mass is 437 g/mol. The molecule has 0 saturated heterocycles. The number of non-ortho nitro benzene ring substituents is 1. The van der Waals surface area contributed by atoms with Gasteiger partial charge in [-0.3, -0.25) is 30.0 Å². The van der Waals surface area contributed by atoms with Crippen LogP contribution in [0.25, 0.3) is 0 Å². The molecule has 0 fully saturated rings. The number of methoxy groups -OCH3 is 1. The summed E-state index contributed by atoms with van der Waals surface area (Å²) in [7, 11) is 2.99. The first kappa shape index (κ1) is 20.8. The van der Waals surface area contributed by atoms with Crippen molar-refractivity contribution in [2.24, 2.45) is 0 Å². The highest BCUT2D eigenvalue weighted by molar-refractivity contribution is 6.03. The zero-order chi connectivity index (χ0) is 23.0. The van der Waals surface area contributed by atoms with Crippen LogP contribution in [0.1, 0.15) is 22.0 Å². The topological polar surface area (TPSA) is 134 Å². The highest BCUT2D eigenvalue weighted by atomic mass is 16.6. The molecule has 2 aliphatic heterocycles. The number of nitrogens with one attached hydrogen (secondary N) is 2. The quantitative estimate of drug-likeness (QED) is 0.541. The van der Waals surface area contributed by atoms with E-state index >= 15 is 0 Å². The lowest BCUT2D eigenvalue weighted by molar-refractivity contribution is -0.384. The van der Waals surface area contributed by atoms with E-state index in [1.54, 1.807) is 24.3 Å². The van der Waals surface area contributed by atoms with Crippen LogP contribution in [-0.2, 0) is 4.79 Å². The second-order valence-corrected chi connectivity index (χ2v) is 7.22. The third-order valence-corrected chi connectivity index (χ3v) is 5.34. The molecule has 0 aliphatic carbocycles. The van der Waals surface area contributed by atoms with Gasteiger partial charge in [0.05, 0.1) is 35.9 Å². The van der Waals surface area contributed by atoms with E-state index in [9.17, 15) is 24.5 Å². The minimum Gasteiger partial charge on any atom is -0.497 e. The van der Waals surface area contributed by atoms with Crippen LogP contribution in [0.4, 0.5) is 10.5 Å². The highest BCUT2D eigenvalue weighted by Crippen LogP contribution is 2.36. The molecule has 4 rings (SSSR count). The number of carbonyl (C=O) groups excluding carboxylic acids is 3. The number of amides is 4. The Bertz CT molecular complexity index is 1180. The van der Waals surface area contributed by atoms with Gasteiger partial charge >= 0.3 is 6.03 Å². The molecule has 2 aromatic rings. The van der Waals surface area contributed by atoms with Gasteiger partial charge in [-0.05, 0) is 23.8 Å². The van der Waals surface area contributed by atoms with Crippen molar-refractivity contribution >= 4 is 23.5 Å². The van der Waals surface area contributed by atoms with E-state index in [1.165, 1.54) is 43.3 Å². The van der Waals surface area contributed by atoms with Gasteiger partial charge in [-0.2, -0.15) is 0 Å². The number of hydrazine groups is 1. The van der Waals surface area contributed by atoms with E-state index in [-0.39, 0.29) is 17.8 Å². The number of rotatable bonds is 5. The number of ether oxygens (including phenoxy) is 1. The van der Waals surface area contributed by atoms with E-state index in [4.69, 9.17) is 4.74 Å². The highest BCUT2D eigenvalue weighted by Gasteiger charge is 2.43. The molecule has 0 aromatic heterocycles. The molecule has 2 aromatic carbocycles. The Morgan fingerprint density at radius 2 is 1.97 bits per heavy atom. The summed E-state index contributed by atoms with van der Waals surface area (Å²) >= 11 is 0. The molecule has 1 unspecified atom stereocenters. The minimum atomic E-state index is -0.889. The molecule has 2 heterocycles. The van der Waals surface area contributed by atoms with Gasteiger partial charge in [0.15, 0.2) is 0 Å². The summed E-state index contributed by atoms with van der Waals surface area (Å²) in [4.78, 5) is 50.3. The van der Waals surface area contributed by atoms with Crippen LogP contribution < -0.4 is 15.5 Å². The fourth-order valence-corrected chi connectivity index (χ4v) is 3.68. The molecule has 2 N–H and O–H groups in total. The van der Waals surface area contributed by atoms with Crippen LogP contribution in [0, 0.1) is 10.1 Å². The van der Waals surface area contributed by atoms with E-state index in [0.717, 1.165) is 5.01 Å². The van der Waals surface area contributed by atoms with Crippen LogP contribution in [-0.4, -0.2) is 53.4 Å². The van der Waals surface area contributed by atoms with Gasteiger partial charge in [-0.15, -0.1) is 0 Å². The summed E-state index contributed by atoms with van der Waals surface area (Å²) in [5, 5.41) is 15.0. The molecular formula is C21H19N5O6. The SMILES string of the molecule is COc1cccc(C(=O)NN2CC3=C(C2=O)C(c2cccc([N+](=O)[O-])c2)NC(=O)N3C)c1. The van der Waals surface area contributed by atoms with Gasteiger partial charge in [0, 0.05) is 24.7 Å². The first-order valence-corrected chi connectivity index (χ1v) is 9.58. The van der Waals surface area contributed by atoms with E-state index < -0.39 is 28.8 Å². The lowest BCUT2D eigenvalue weighted by Crippen LogP contribution is -2.45. The average Bonchev–Trinajstić information content (AvgIpc) is 3.12. The molecule has 164 valence electrons. The number of nitrogens with zero attached hydrogens (tertiary/aromatic N) is 3. The van der Waals surface area contributed by atoms with E-state index in [0.29, 0.717) is 22.6 Å². The predicted molar refractivity (Wildman–Crippen MR) is 111 cm³/mol. The molecule has 0 radical (unpaired) electrons. The van der Waals surface area contributed by atoms with Gasteiger partial charge in [0.1, 0.15) is 5.75 Å². The Kier molecular flexibility index (Phi) is 5.23. The van der Waals surface area contributed by atoms with Crippen LogP contribution >= 0.6 is 0 Å². The van der Waals surface area contributed by atoms with Gasteiger partial charge in [0.25, 0.3) is 17.5 Å². The third-order valence-electron chi connectivity index (χ3n) is 5.34. The molecular weight excluding hydrogens is 418 g/mol. The molecule has 11 heteroatoms. The fraction of sp³-hybridized carbons (Fsp3) is 0.190. The van der Waals surface area contributed by atoms with Gasteiger partial charge in [-0.25, -0.2) is 9.80 Å². The Hall–Kier alpha value is -4.41. The minimum absolute atomic E-state index is 0.0285. The predicted octanol–water partition coefficient (Wildman–Crippen LogP) is 1.74. The summed E-state index contributed by atoms with van der Waals surface area (Å²) in [6.45, 7) is -0.0285. The summed E-state index contributed by atoms with van der Waals surface area (Å²) in [5.41, 5.74) is 3.72. The zero-order valence-electron chi connectivity index (χ0n) is 17.2. The number of hydrogen-bond acceptors (Lipinski definition) is 6. The second kappa shape index (κ2) is 8.02. The number of carbonyl (C=O) groups is 3. The van der Waals surface area contributed by atoms with Crippen molar-refractivity contribution in [1.82, 2.24) is 20.7 Å². The maximum absolute atomic E-state index is 13.2. The lowest BCUT2D eigenvalue weighted by Gasteiger charge is -2.30. The number of urea groups is 1. The molecule has 0 bridgehead atoms. The zero-order valence-corrected chi connectivity index (χ0v) is 17.2. The molecule has 1 atom stereocenters. The molecule has 0 saturated carbocycles. The van der Waals surface area contributed by atoms with Gasteiger partial charge in [-0.1, -0.05) is 18.2 Å². The number of likely N-dealkylation sites (N-methyl/N-ethyl adjacent to an activating group) is 1. The first-order chi connectivity index (χ1) is 15.3. The Morgan fingerprint density at radius 1 is 1.22 bits per heavy atom. The maximum Gasteiger partial charge on any atom is 0.322 e. The number of hydrogen-bond donors (Lipinski definition) is 2. The van der Waals surface area contributed by atoms with Crippen LogP contribution in [0.5, 0.6) is 5.75 Å². The Balaban J connectivity index is 1.63. The smallest absolute Gasteiger partial charge is 0.322 e. The van der Waals surface area contributed by atoms with Crippen molar-refractivity contribution in [3.8, 4) is 5.75 Å². The van der Waals surface area contributed by atoms with E-state index in [2.05, 4.69) is 10.7 Å². The summed E-state index contributed by atoms with van der Waals surface area (Å²) < 4.78 is 5.12. The lowest BCUT2D eigenvalue weighted by atomic mass is 9.95. The summed E-state index contributed by atoms with van der Waals surface area (Å²) in [6, 6.07) is 10.8. The number of benzene rings is 2. The van der Waals surface area contributed by atoms with Crippen molar-refractivity contribution in [2.75, 3.05) is 20.7 Å². The van der Waals surface area contributed by atoms with Gasteiger partial charge < -0.3 is 10.1 Å². The summed E-state index contributed by atoms with van der Waals surface area (Å²) in [5.74, 6) is -0.548. The third kappa shape index (κ3) is 3.60. The first-order valence-electron chi connectivity index (χ1n) is 9.58. The molecule has 32 heavy (non-hydrogen) atoms. The molecule has 11 nitrogen and oxygen atoms in total. The fourth-order valence-electron chi connectivity index (χ4n) is 3.68. The van der Waals surface area contributed by atoms with Gasteiger partial charge in [0.2, 0.25) is 0 Å². The Labute approximate surface area is 182 Å². The Morgan fingerprint density at radius 3 is 2.69 bits per heavy atom. The van der Waals surface area contributed by atoms with Crippen LogP contribution in [0.3, 0.4) is 0 Å². The van der Waals surface area contributed by atoms with Crippen LogP contribution in [0.15, 0.2) is 59.8 Å². The normalized spacial score (nSPS) is 17.8. The van der Waals surface area contributed by atoms with Crippen molar-refractivity contribution in [2.45, 2.75) is 6.04 Å². The second-order valence-electron chi connectivity index (χ2n) is 7.22. The number of nitro benzene ring substituents is 1. The number of nitro groups is 1. The van der Waals surface area contributed by atoms with Crippen molar-refractivity contribution < 1.29 is 24.0 Å². The molecule has 2 aliphatic rings. The van der Waals surface area contributed by atoms with E-state index in [1.807, 2.05) is 0 Å². The molecule has 4 amide bonds. The van der Waals surface area contributed by atoms with Crippen molar-refractivity contribution in [3.05, 3.63) is 81.0 Å². The summed E-state index contributed by atoms with van der Waals surface area (Å²) in [6.07, 6.45) is 0. The molecule has 0 spiro atoms. The largest absolute Gasteiger partial charge is 0.497 e. The average molecular weight is 437 g/mol. The standard InChI is InChI=1S/C21H19N5O6/c1-24-16-11-25(23-19(27)13-6-4-8-15(10-13)32-2)20(28)17(16)18(22-21(24)29)12-5-3-7-14(9-12)26(30)31/h3-10,18H,11H2,1-2H3,(H,22,29)(H,23,27). The van der Waals surface area contributed by atoms with Crippen molar-refractivity contribution in [1.29, 1.82) is 0 Å². The van der Waals surface area contributed by atoms with Crippen LogP contribution in [0.2, 0.25) is 0 Å². The van der Waals surface area contributed by atoms with Crippen molar-refractivity contribution in [3.63, 3.8) is 0 Å². The maximum atomic E-state index is 13.2.